The highest BCUT2D eigenvalue weighted by Crippen LogP contribution is 2.26. The van der Waals surface area contributed by atoms with Gasteiger partial charge in [0.1, 0.15) is 5.75 Å². The molecule has 2 aromatic carbocycles. The van der Waals surface area contributed by atoms with Crippen molar-refractivity contribution in [2.75, 3.05) is 0 Å². The average molecular weight is 294 g/mol. The topological polar surface area (TPSA) is 68.3 Å². The molecular formula is C17H14N2O3. The van der Waals surface area contributed by atoms with Crippen molar-refractivity contribution in [3.63, 3.8) is 0 Å². The standard InChI is InChI=1S/C17H14N2O3/c1-18-14(10-13-4-2-3-5-16(13)18)8-6-12-7-9-15(19(21)22)11-17(12)20/h2-11,20H,1H3. The lowest BCUT2D eigenvalue weighted by molar-refractivity contribution is -0.384. The molecule has 0 aliphatic carbocycles. The minimum atomic E-state index is -0.531. The molecule has 0 atom stereocenters. The Labute approximate surface area is 126 Å². The van der Waals surface area contributed by atoms with E-state index in [9.17, 15) is 15.2 Å². The summed E-state index contributed by atoms with van der Waals surface area (Å²) >= 11 is 0. The van der Waals surface area contributed by atoms with Crippen LogP contribution in [-0.2, 0) is 7.05 Å². The first-order valence-electron chi connectivity index (χ1n) is 6.76. The number of nitrogens with zero attached hydrogens (tertiary/aromatic N) is 2. The molecule has 0 aliphatic rings. The number of nitro groups is 1. The number of hydrogen-bond donors (Lipinski definition) is 1. The monoisotopic (exact) mass is 294 g/mol. The van der Waals surface area contributed by atoms with Crippen molar-refractivity contribution in [1.82, 2.24) is 4.57 Å². The maximum Gasteiger partial charge on any atom is 0.273 e. The third-order valence-corrected chi connectivity index (χ3v) is 3.65. The maximum atomic E-state index is 10.7. The van der Waals surface area contributed by atoms with Gasteiger partial charge in [0.15, 0.2) is 0 Å². The van der Waals surface area contributed by atoms with E-state index in [4.69, 9.17) is 0 Å². The molecule has 3 rings (SSSR count). The van der Waals surface area contributed by atoms with Crippen LogP contribution < -0.4 is 0 Å². The first-order chi connectivity index (χ1) is 10.6. The Morgan fingerprint density at radius 1 is 1.14 bits per heavy atom. The van der Waals surface area contributed by atoms with E-state index in [1.54, 1.807) is 6.08 Å². The zero-order valence-corrected chi connectivity index (χ0v) is 11.9. The summed E-state index contributed by atoms with van der Waals surface area (Å²) in [5.41, 5.74) is 2.52. The number of phenolic OH excluding ortho intramolecular Hbond substituents is 1. The Bertz CT molecular complexity index is 894. The number of para-hydroxylation sites is 1. The molecule has 5 nitrogen and oxygen atoms in total. The van der Waals surface area contributed by atoms with E-state index < -0.39 is 4.92 Å². The van der Waals surface area contributed by atoms with Crippen molar-refractivity contribution in [1.29, 1.82) is 0 Å². The van der Waals surface area contributed by atoms with Crippen LogP contribution in [0.5, 0.6) is 5.75 Å². The fraction of sp³-hybridized carbons (Fsp3) is 0.0588. The van der Waals surface area contributed by atoms with E-state index in [1.165, 1.54) is 12.1 Å². The lowest BCUT2D eigenvalue weighted by atomic mass is 10.1. The molecule has 0 saturated heterocycles. The van der Waals surface area contributed by atoms with Crippen molar-refractivity contribution in [2.24, 2.45) is 7.05 Å². The molecule has 1 aromatic heterocycles. The van der Waals surface area contributed by atoms with Crippen molar-refractivity contribution >= 4 is 28.7 Å². The van der Waals surface area contributed by atoms with Gasteiger partial charge in [0.2, 0.25) is 0 Å². The molecular weight excluding hydrogens is 280 g/mol. The highest BCUT2D eigenvalue weighted by molar-refractivity contribution is 5.85. The number of aromatic nitrogens is 1. The number of hydrogen-bond acceptors (Lipinski definition) is 3. The van der Waals surface area contributed by atoms with Gasteiger partial charge in [-0.1, -0.05) is 18.2 Å². The molecule has 5 heteroatoms. The van der Waals surface area contributed by atoms with Gasteiger partial charge in [0.05, 0.1) is 11.0 Å². The van der Waals surface area contributed by atoms with E-state index in [0.717, 1.165) is 22.7 Å². The van der Waals surface area contributed by atoms with Crippen LogP contribution in [0.15, 0.2) is 48.5 Å². The smallest absolute Gasteiger partial charge is 0.273 e. The van der Waals surface area contributed by atoms with Gasteiger partial charge in [0, 0.05) is 35.3 Å². The van der Waals surface area contributed by atoms with Gasteiger partial charge in [0.25, 0.3) is 5.69 Å². The average Bonchev–Trinajstić information content (AvgIpc) is 2.83. The van der Waals surface area contributed by atoms with Crippen LogP contribution in [0.25, 0.3) is 23.1 Å². The van der Waals surface area contributed by atoms with Gasteiger partial charge in [-0.05, 0) is 30.4 Å². The third kappa shape index (κ3) is 2.44. The predicted molar refractivity (Wildman–Crippen MR) is 86.6 cm³/mol. The first kappa shape index (κ1) is 13.9. The molecule has 0 saturated carbocycles. The van der Waals surface area contributed by atoms with Crippen LogP contribution in [0.2, 0.25) is 0 Å². The highest BCUT2D eigenvalue weighted by atomic mass is 16.6. The molecule has 0 amide bonds. The van der Waals surface area contributed by atoms with Crippen molar-refractivity contribution in [3.05, 3.63) is 69.9 Å². The van der Waals surface area contributed by atoms with Gasteiger partial charge < -0.3 is 9.67 Å². The summed E-state index contributed by atoms with van der Waals surface area (Å²) in [6.07, 6.45) is 3.62. The zero-order chi connectivity index (χ0) is 15.7. The van der Waals surface area contributed by atoms with E-state index >= 15 is 0 Å². The number of fused-ring (bicyclic) bond motifs is 1. The van der Waals surface area contributed by atoms with Gasteiger partial charge >= 0.3 is 0 Å². The molecule has 0 aliphatic heterocycles. The number of non-ortho nitro benzene ring substituents is 1. The van der Waals surface area contributed by atoms with E-state index in [0.29, 0.717) is 5.56 Å². The predicted octanol–water partition coefficient (Wildman–Crippen LogP) is 3.96. The van der Waals surface area contributed by atoms with Gasteiger partial charge in [-0.15, -0.1) is 0 Å². The number of phenols is 1. The Hall–Kier alpha value is -3.08. The zero-order valence-electron chi connectivity index (χ0n) is 11.9. The number of aryl methyl sites for hydroxylation is 1. The maximum absolute atomic E-state index is 10.7. The molecule has 110 valence electrons. The van der Waals surface area contributed by atoms with Crippen LogP contribution >= 0.6 is 0 Å². The molecule has 1 heterocycles. The largest absolute Gasteiger partial charge is 0.507 e. The number of rotatable bonds is 3. The summed E-state index contributed by atoms with van der Waals surface area (Å²) in [5.74, 6) is -0.107. The Kier molecular flexibility index (Phi) is 3.39. The van der Waals surface area contributed by atoms with Gasteiger partial charge in [-0.25, -0.2) is 0 Å². The second-order valence-corrected chi connectivity index (χ2v) is 5.02. The number of aromatic hydroxyl groups is 1. The van der Waals surface area contributed by atoms with Crippen molar-refractivity contribution in [3.8, 4) is 5.75 Å². The molecule has 3 aromatic rings. The quantitative estimate of drug-likeness (QED) is 0.587. The summed E-state index contributed by atoms with van der Waals surface area (Å²) < 4.78 is 2.05. The Morgan fingerprint density at radius 2 is 1.91 bits per heavy atom. The summed E-state index contributed by atoms with van der Waals surface area (Å²) in [7, 11) is 1.97. The minimum absolute atomic E-state index is 0.107. The van der Waals surface area contributed by atoms with Gasteiger partial charge in [-0.2, -0.15) is 0 Å². The van der Waals surface area contributed by atoms with E-state index in [1.807, 2.05) is 48.0 Å². The second-order valence-electron chi connectivity index (χ2n) is 5.02. The SMILES string of the molecule is Cn1c(C=Cc2ccc([N+](=O)[O-])cc2O)cc2ccccc21. The molecule has 0 fully saturated rings. The number of nitro benzene ring substituents is 1. The fourth-order valence-corrected chi connectivity index (χ4v) is 2.43. The van der Waals surface area contributed by atoms with E-state index in [2.05, 4.69) is 0 Å². The van der Waals surface area contributed by atoms with Crippen molar-refractivity contribution < 1.29 is 10.0 Å². The lowest BCUT2D eigenvalue weighted by Crippen LogP contribution is -1.90. The van der Waals surface area contributed by atoms with Crippen LogP contribution in [0.4, 0.5) is 5.69 Å². The highest BCUT2D eigenvalue weighted by Gasteiger charge is 2.08. The Balaban J connectivity index is 1.96. The normalized spacial score (nSPS) is 11.3. The Morgan fingerprint density at radius 3 is 2.59 bits per heavy atom. The molecule has 0 spiro atoms. The first-order valence-corrected chi connectivity index (χ1v) is 6.76. The molecule has 22 heavy (non-hydrogen) atoms. The number of benzene rings is 2. The van der Waals surface area contributed by atoms with E-state index in [-0.39, 0.29) is 11.4 Å². The second kappa shape index (κ2) is 5.37. The third-order valence-electron chi connectivity index (χ3n) is 3.65. The van der Waals surface area contributed by atoms with Crippen LogP contribution in [0, 0.1) is 10.1 Å². The molecule has 0 bridgehead atoms. The van der Waals surface area contributed by atoms with Crippen LogP contribution in [0.1, 0.15) is 11.3 Å². The van der Waals surface area contributed by atoms with Gasteiger partial charge in [-0.3, -0.25) is 10.1 Å². The lowest BCUT2D eigenvalue weighted by Gasteiger charge is -2.01. The summed E-state index contributed by atoms with van der Waals surface area (Å²) in [4.78, 5) is 10.1. The minimum Gasteiger partial charge on any atom is -0.507 e. The molecule has 1 N–H and O–H groups in total. The summed E-state index contributed by atoms with van der Waals surface area (Å²) in [6.45, 7) is 0. The summed E-state index contributed by atoms with van der Waals surface area (Å²) in [6, 6.07) is 14.2. The molecule has 0 radical (unpaired) electrons. The fourth-order valence-electron chi connectivity index (χ4n) is 2.43. The van der Waals surface area contributed by atoms with Crippen LogP contribution in [-0.4, -0.2) is 14.6 Å². The summed E-state index contributed by atoms with van der Waals surface area (Å²) in [5, 5.41) is 21.7. The molecule has 0 unspecified atom stereocenters. The van der Waals surface area contributed by atoms with Crippen LogP contribution in [0.3, 0.4) is 0 Å². The van der Waals surface area contributed by atoms with Crippen molar-refractivity contribution in [2.45, 2.75) is 0 Å².